The van der Waals surface area contributed by atoms with Gasteiger partial charge in [-0.1, -0.05) is 47.5 Å². The van der Waals surface area contributed by atoms with Crippen LogP contribution in [0.5, 0.6) is 0 Å². The summed E-state index contributed by atoms with van der Waals surface area (Å²) in [5, 5.41) is 20.1. The molecule has 182 valence electrons. The number of hydrogen-bond acceptors (Lipinski definition) is 5. The second-order valence-corrected chi connectivity index (χ2v) is 9.25. The molecule has 10 heteroatoms. The van der Waals surface area contributed by atoms with Crippen LogP contribution in [0.25, 0.3) is 16.9 Å². The molecule has 0 atom stereocenters. The Morgan fingerprint density at radius 3 is 2.39 bits per heavy atom. The van der Waals surface area contributed by atoms with E-state index in [1.807, 2.05) is 24.3 Å². The van der Waals surface area contributed by atoms with Crippen LogP contribution >= 0.6 is 23.2 Å². The topological polar surface area (TPSA) is 109 Å². The molecule has 2 aromatic heterocycles. The van der Waals surface area contributed by atoms with Crippen LogP contribution < -0.4 is 10.6 Å². The molecule has 1 fully saturated rings. The van der Waals surface area contributed by atoms with Gasteiger partial charge in [-0.2, -0.15) is 5.10 Å². The number of nitrogens with one attached hydrogen (secondary N) is 2. The van der Waals surface area contributed by atoms with Crippen molar-refractivity contribution in [3.8, 4) is 16.9 Å². The molecule has 0 spiro atoms. The van der Waals surface area contributed by atoms with Crippen molar-refractivity contribution in [3.63, 3.8) is 0 Å². The largest absolute Gasteiger partial charge is 0.393 e. The van der Waals surface area contributed by atoms with Crippen LogP contribution in [-0.2, 0) is 0 Å². The first-order valence-electron chi connectivity index (χ1n) is 11.3. The molecule has 1 saturated carbocycles. The van der Waals surface area contributed by atoms with E-state index < -0.39 is 12.0 Å². The first kappa shape index (κ1) is 24.0. The Kier molecular flexibility index (Phi) is 6.73. The number of hydrogen-bond donors (Lipinski definition) is 3. The van der Waals surface area contributed by atoms with E-state index >= 15 is 0 Å². The van der Waals surface area contributed by atoms with Crippen molar-refractivity contribution in [2.45, 2.75) is 25.0 Å². The van der Waals surface area contributed by atoms with E-state index in [1.54, 1.807) is 36.5 Å². The number of pyridine rings is 1. The summed E-state index contributed by atoms with van der Waals surface area (Å²) in [6.45, 7) is 0. The van der Waals surface area contributed by atoms with Crippen molar-refractivity contribution in [1.29, 1.82) is 0 Å². The zero-order valence-corrected chi connectivity index (χ0v) is 20.4. The number of benzene rings is 2. The van der Waals surface area contributed by atoms with E-state index in [-0.39, 0.29) is 34.0 Å². The molecule has 0 radical (unpaired) electrons. The molecule has 1 aliphatic rings. The number of aliphatic hydroxyl groups is 1. The zero-order valence-electron chi connectivity index (χ0n) is 18.9. The Bertz CT molecular complexity index is 1420. The standard InChI is InChI=1S/C26H21Cl2N5O3/c27-20-13-21(28)19(12-18(20)22-8-4-5-9-29-22)25(35)31-24-14-23(26(36)30-15-10-17(34)11-15)32-33(24)16-6-2-1-3-7-16/h1-9,12-15,17,34H,10-11H2,(H,30,36)(H,31,35). The average Bonchev–Trinajstić information content (AvgIpc) is 3.28. The van der Waals surface area contributed by atoms with Crippen LogP contribution in [0.15, 0.2) is 72.9 Å². The summed E-state index contributed by atoms with van der Waals surface area (Å²) in [7, 11) is 0. The van der Waals surface area contributed by atoms with Crippen molar-refractivity contribution in [3.05, 3.63) is 94.2 Å². The molecule has 0 unspecified atom stereocenters. The fourth-order valence-corrected chi connectivity index (χ4v) is 4.50. The van der Waals surface area contributed by atoms with Crippen LogP contribution in [0, 0.1) is 0 Å². The number of anilines is 1. The lowest BCUT2D eigenvalue weighted by Crippen LogP contribution is -2.46. The molecule has 0 bridgehead atoms. The number of para-hydroxylation sites is 1. The van der Waals surface area contributed by atoms with Gasteiger partial charge in [0, 0.05) is 23.9 Å². The van der Waals surface area contributed by atoms with Gasteiger partial charge < -0.3 is 15.7 Å². The Hall–Kier alpha value is -3.72. The molecule has 2 aromatic carbocycles. The predicted octanol–water partition coefficient (Wildman–Crippen LogP) is 4.75. The lowest BCUT2D eigenvalue weighted by atomic mass is 9.89. The predicted molar refractivity (Wildman–Crippen MR) is 138 cm³/mol. The SMILES string of the molecule is O=C(NC1CC(O)C1)c1cc(NC(=O)c2cc(-c3ccccn3)c(Cl)cc2Cl)n(-c2ccccc2)n1. The van der Waals surface area contributed by atoms with E-state index in [1.165, 1.54) is 16.8 Å². The van der Waals surface area contributed by atoms with E-state index in [9.17, 15) is 14.7 Å². The highest BCUT2D eigenvalue weighted by Gasteiger charge is 2.30. The molecular weight excluding hydrogens is 501 g/mol. The molecule has 0 aliphatic heterocycles. The summed E-state index contributed by atoms with van der Waals surface area (Å²) in [5.74, 6) is -0.602. The highest BCUT2D eigenvalue weighted by atomic mass is 35.5. The first-order valence-corrected chi connectivity index (χ1v) is 12.0. The summed E-state index contributed by atoms with van der Waals surface area (Å²) in [5.41, 5.74) is 2.14. The molecule has 5 rings (SSSR count). The van der Waals surface area contributed by atoms with Crippen LogP contribution in [0.4, 0.5) is 5.82 Å². The van der Waals surface area contributed by atoms with Gasteiger partial charge in [0.05, 0.1) is 33.1 Å². The van der Waals surface area contributed by atoms with Gasteiger partial charge in [-0.25, -0.2) is 4.68 Å². The molecule has 8 nitrogen and oxygen atoms in total. The lowest BCUT2D eigenvalue weighted by molar-refractivity contribution is 0.0560. The highest BCUT2D eigenvalue weighted by molar-refractivity contribution is 6.38. The van der Waals surface area contributed by atoms with Crippen LogP contribution in [0.2, 0.25) is 10.0 Å². The van der Waals surface area contributed by atoms with Gasteiger partial charge in [0.2, 0.25) is 0 Å². The Morgan fingerprint density at radius 1 is 0.944 bits per heavy atom. The first-order chi connectivity index (χ1) is 17.4. The van der Waals surface area contributed by atoms with Gasteiger partial charge in [-0.15, -0.1) is 0 Å². The second-order valence-electron chi connectivity index (χ2n) is 8.44. The third-order valence-corrected chi connectivity index (χ3v) is 6.50. The highest BCUT2D eigenvalue weighted by Crippen LogP contribution is 2.32. The Labute approximate surface area is 216 Å². The van der Waals surface area contributed by atoms with Crippen molar-refractivity contribution in [1.82, 2.24) is 20.1 Å². The molecule has 0 saturated heterocycles. The maximum atomic E-state index is 13.3. The van der Waals surface area contributed by atoms with Gasteiger partial charge in [0.1, 0.15) is 5.82 Å². The maximum Gasteiger partial charge on any atom is 0.272 e. The number of carbonyl (C=O) groups excluding carboxylic acids is 2. The zero-order chi connectivity index (χ0) is 25.2. The fraction of sp³-hybridized carbons (Fsp3) is 0.154. The third kappa shape index (κ3) is 4.97. The van der Waals surface area contributed by atoms with Gasteiger partial charge in [0.25, 0.3) is 11.8 Å². The van der Waals surface area contributed by atoms with Crippen LogP contribution in [0.1, 0.15) is 33.7 Å². The lowest BCUT2D eigenvalue weighted by Gasteiger charge is -2.31. The quantitative estimate of drug-likeness (QED) is 0.339. The second kappa shape index (κ2) is 10.1. The maximum absolute atomic E-state index is 13.3. The van der Waals surface area contributed by atoms with Gasteiger partial charge in [-0.3, -0.25) is 14.6 Å². The summed E-state index contributed by atoms with van der Waals surface area (Å²) < 4.78 is 1.48. The minimum atomic E-state index is -0.500. The third-order valence-electron chi connectivity index (χ3n) is 5.87. The van der Waals surface area contributed by atoms with E-state index in [0.717, 1.165) is 0 Å². The van der Waals surface area contributed by atoms with Gasteiger partial charge in [0.15, 0.2) is 5.69 Å². The molecule has 2 heterocycles. The van der Waals surface area contributed by atoms with Crippen molar-refractivity contribution in [2.75, 3.05) is 5.32 Å². The average molecular weight is 522 g/mol. The van der Waals surface area contributed by atoms with Gasteiger partial charge in [-0.05, 0) is 49.2 Å². The monoisotopic (exact) mass is 521 g/mol. The summed E-state index contributed by atoms with van der Waals surface area (Å²) in [6.07, 6.45) is 2.24. The molecule has 3 N–H and O–H groups in total. The Morgan fingerprint density at radius 2 is 1.69 bits per heavy atom. The number of halogens is 2. The fourth-order valence-electron chi connectivity index (χ4n) is 3.94. The van der Waals surface area contributed by atoms with Crippen LogP contribution in [0.3, 0.4) is 0 Å². The van der Waals surface area contributed by atoms with Crippen molar-refractivity contribution in [2.24, 2.45) is 0 Å². The van der Waals surface area contributed by atoms with E-state index in [2.05, 4.69) is 20.7 Å². The number of rotatable bonds is 6. The number of aromatic nitrogens is 3. The molecule has 1 aliphatic carbocycles. The van der Waals surface area contributed by atoms with Crippen molar-refractivity contribution >= 4 is 40.8 Å². The Balaban J connectivity index is 1.46. The van der Waals surface area contributed by atoms with E-state index in [0.29, 0.717) is 34.8 Å². The number of amides is 2. The molecule has 36 heavy (non-hydrogen) atoms. The number of carbonyl (C=O) groups is 2. The summed E-state index contributed by atoms with van der Waals surface area (Å²) in [6, 6.07) is 19.0. The van der Waals surface area contributed by atoms with Crippen LogP contribution in [-0.4, -0.2) is 43.8 Å². The smallest absolute Gasteiger partial charge is 0.272 e. The minimum absolute atomic E-state index is 0.106. The molecule has 2 amide bonds. The number of nitrogens with zero attached hydrogens (tertiary/aromatic N) is 3. The molecular formula is C26H21Cl2N5O3. The minimum Gasteiger partial charge on any atom is -0.393 e. The number of aliphatic hydroxyl groups excluding tert-OH is 1. The van der Waals surface area contributed by atoms with E-state index in [4.69, 9.17) is 23.2 Å². The summed E-state index contributed by atoms with van der Waals surface area (Å²) in [4.78, 5) is 30.4. The van der Waals surface area contributed by atoms with Crippen molar-refractivity contribution < 1.29 is 14.7 Å². The normalized spacial score (nSPS) is 16.8. The summed E-state index contributed by atoms with van der Waals surface area (Å²) >= 11 is 12.8. The van der Waals surface area contributed by atoms with Gasteiger partial charge >= 0.3 is 0 Å². The molecule has 4 aromatic rings.